The quantitative estimate of drug-likeness (QED) is 0.576. The van der Waals surface area contributed by atoms with Gasteiger partial charge in [-0.3, -0.25) is 14.5 Å². The van der Waals surface area contributed by atoms with Gasteiger partial charge in [0.2, 0.25) is 11.8 Å². The molecule has 176 valence electrons. The van der Waals surface area contributed by atoms with Gasteiger partial charge in [-0.2, -0.15) is 0 Å². The van der Waals surface area contributed by atoms with Crippen LogP contribution in [0.2, 0.25) is 0 Å². The third-order valence-electron chi connectivity index (χ3n) is 6.71. The first-order chi connectivity index (χ1) is 16.1. The number of likely N-dealkylation sites (tertiary alicyclic amines) is 1. The van der Waals surface area contributed by atoms with Crippen LogP contribution < -0.4 is 10.6 Å². The predicted molar refractivity (Wildman–Crippen MR) is 130 cm³/mol. The molecule has 1 aliphatic heterocycles. The lowest BCUT2D eigenvalue weighted by atomic mass is 9.87. The molecule has 0 unspecified atom stereocenters. The van der Waals surface area contributed by atoms with Crippen LogP contribution in [0.4, 0.5) is 5.69 Å². The number of hydrogen-bond donors (Lipinski definition) is 2. The molecule has 6 nitrogen and oxygen atoms in total. The Morgan fingerprint density at radius 1 is 1.00 bits per heavy atom. The molecule has 2 aliphatic rings. The highest BCUT2D eigenvalue weighted by Gasteiger charge is 2.35. The van der Waals surface area contributed by atoms with E-state index in [9.17, 15) is 9.59 Å². The molecule has 0 aromatic heterocycles. The van der Waals surface area contributed by atoms with Crippen LogP contribution in [0.25, 0.3) is 0 Å². The first-order valence-corrected chi connectivity index (χ1v) is 12.1. The van der Waals surface area contributed by atoms with E-state index in [0.717, 1.165) is 31.5 Å². The highest BCUT2D eigenvalue weighted by molar-refractivity contribution is 5.93. The van der Waals surface area contributed by atoms with Crippen molar-refractivity contribution in [1.82, 2.24) is 10.2 Å². The molecule has 2 aromatic rings. The average molecular weight is 450 g/mol. The molecule has 0 saturated carbocycles. The van der Waals surface area contributed by atoms with Gasteiger partial charge in [-0.05, 0) is 60.9 Å². The summed E-state index contributed by atoms with van der Waals surface area (Å²) in [6.07, 6.45) is 4.74. The summed E-state index contributed by atoms with van der Waals surface area (Å²) < 4.78 is 5.07. The molecule has 1 fully saturated rings. The van der Waals surface area contributed by atoms with E-state index in [1.54, 1.807) is 7.11 Å². The molecular formula is C27H35N3O3. The summed E-state index contributed by atoms with van der Waals surface area (Å²) >= 11 is 0. The summed E-state index contributed by atoms with van der Waals surface area (Å²) in [5, 5.41) is 6.16. The number of fused-ring (bicyclic) bond motifs is 1. The normalized spacial score (nSPS) is 20.3. The minimum atomic E-state index is -0.231. The second kappa shape index (κ2) is 11.4. The van der Waals surface area contributed by atoms with Crippen LogP contribution >= 0.6 is 0 Å². The van der Waals surface area contributed by atoms with Crippen molar-refractivity contribution in [3.8, 4) is 0 Å². The molecule has 33 heavy (non-hydrogen) atoms. The molecule has 6 heteroatoms. The van der Waals surface area contributed by atoms with E-state index in [4.69, 9.17) is 4.74 Å². The third kappa shape index (κ3) is 6.42. The lowest BCUT2D eigenvalue weighted by molar-refractivity contribution is -0.130. The van der Waals surface area contributed by atoms with E-state index >= 15 is 0 Å². The van der Waals surface area contributed by atoms with E-state index in [2.05, 4.69) is 39.8 Å². The molecule has 2 amide bonds. The molecule has 2 aromatic carbocycles. The van der Waals surface area contributed by atoms with Crippen molar-refractivity contribution in [2.75, 3.05) is 38.7 Å². The smallest absolute Gasteiger partial charge is 0.228 e. The molecule has 1 heterocycles. The maximum absolute atomic E-state index is 13.2. The number of anilines is 1. The van der Waals surface area contributed by atoms with E-state index in [1.165, 1.54) is 23.1 Å². The van der Waals surface area contributed by atoms with E-state index < -0.39 is 0 Å². The maximum Gasteiger partial charge on any atom is 0.228 e. The Balaban J connectivity index is 1.42. The number of aryl methyl sites for hydroxylation is 2. The van der Waals surface area contributed by atoms with Crippen molar-refractivity contribution >= 4 is 17.5 Å². The Kier molecular flexibility index (Phi) is 8.13. The monoisotopic (exact) mass is 449 g/mol. The number of rotatable bonds is 9. The van der Waals surface area contributed by atoms with Gasteiger partial charge in [0, 0.05) is 45.6 Å². The highest BCUT2D eigenvalue weighted by Crippen LogP contribution is 2.28. The SMILES string of the molecule is COCCCNC(=O)[C@H]1C[C@@H](C(=O)Nc2ccc3c(c2)CCC3)CN(Cc2ccccc2)C1. The topological polar surface area (TPSA) is 70.7 Å². The number of ether oxygens (including phenoxy) is 1. The van der Waals surface area contributed by atoms with Crippen molar-refractivity contribution in [3.05, 3.63) is 65.2 Å². The van der Waals surface area contributed by atoms with Gasteiger partial charge in [-0.15, -0.1) is 0 Å². The fourth-order valence-electron chi connectivity index (χ4n) is 5.01. The molecule has 1 saturated heterocycles. The molecular weight excluding hydrogens is 414 g/mol. The Hall–Kier alpha value is -2.70. The van der Waals surface area contributed by atoms with Gasteiger partial charge in [0.05, 0.1) is 11.8 Å². The molecule has 2 N–H and O–H groups in total. The summed E-state index contributed by atoms with van der Waals surface area (Å²) in [5.74, 6) is -0.409. The number of hydrogen-bond acceptors (Lipinski definition) is 4. The van der Waals surface area contributed by atoms with Gasteiger partial charge in [0.25, 0.3) is 0 Å². The average Bonchev–Trinajstić information content (AvgIpc) is 3.30. The summed E-state index contributed by atoms with van der Waals surface area (Å²) in [6, 6.07) is 16.5. The number of carbonyl (C=O) groups is 2. The lowest BCUT2D eigenvalue weighted by Crippen LogP contribution is -2.49. The zero-order valence-corrected chi connectivity index (χ0v) is 19.5. The van der Waals surface area contributed by atoms with Crippen LogP contribution in [0.3, 0.4) is 0 Å². The number of nitrogens with one attached hydrogen (secondary N) is 2. The number of nitrogens with zero attached hydrogens (tertiary/aromatic N) is 1. The molecule has 0 bridgehead atoms. The summed E-state index contributed by atoms with van der Waals surface area (Å²) in [5.41, 5.74) is 4.79. The summed E-state index contributed by atoms with van der Waals surface area (Å²) in [4.78, 5) is 28.4. The Morgan fingerprint density at radius 3 is 2.55 bits per heavy atom. The van der Waals surface area contributed by atoms with Crippen LogP contribution in [-0.2, 0) is 33.7 Å². The zero-order valence-electron chi connectivity index (χ0n) is 19.5. The molecule has 0 radical (unpaired) electrons. The second-order valence-electron chi connectivity index (χ2n) is 9.27. The Morgan fingerprint density at radius 2 is 1.76 bits per heavy atom. The van der Waals surface area contributed by atoms with E-state index in [-0.39, 0.29) is 23.7 Å². The fourth-order valence-corrected chi connectivity index (χ4v) is 5.01. The maximum atomic E-state index is 13.2. The van der Waals surface area contributed by atoms with Crippen LogP contribution in [0.1, 0.15) is 36.0 Å². The standard InChI is InChI=1S/C27H35N3O3/c1-33-14-6-13-28-26(31)23-15-24(19-30(18-23)17-20-7-3-2-4-8-20)27(32)29-25-12-11-21-9-5-10-22(21)16-25/h2-4,7-8,11-12,16,23-24H,5-6,9-10,13-15,17-19H2,1H3,(H,28,31)(H,29,32)/t23-,24+/m0/s1. The van der Waals surface area contributed by atoms with Gasteiger partial charge in [0.1, 0.15) is 0 Å². The summed E-state index contributed by atoms with van der Waals surface area (Å²) in [6.45, 7) is 3.26. The van der Waals surface area contributed by atoms with Crippen LogP contribution in [0.15, 0.2) is 48.5 Å². The first-order valence-electron chi connectivity index (χ1n) is 12.1. The molecule has 2 atom stereocenters. The molecule has 0 spiro atoms. The van der Waals surface area contributed by atoms with E-state index in [1.807, 2.05) is 24.3 Å². The Labute approximate surface area is 196 Å². The van der Waals surface area contributed by atoms with Crippen LogP contribution in [0, 0.1) is 11.8 Å². The minimum absolute atomic E-state index is 0.00268. The largest absolute Gasteiger partial charge is 0.385 e. The van der Waals surface area contributed by atoms with Crippen molar-refractivity contribution in [2.45, 2.75) is 38.6 Å². The summed E-state index contributed by atoms with van der Waals surface area (Å²) in [7, 11) is 1.66. The molecule has 1 aliphatic carbocycles. The van der Waals surface area contributed by atoms with Gasteiger partial charge in [-0.25, -0.2) is 0 Å². The minimum Gasteiger partial charge on any atom is -0.385 e. The number of benzene rings is 2. The van der Waals surface area contributed by atoms with Crippen LogP contribution in [-0.4, -0.2) is 50.1 Å². The Bertz CT molecular complexity index is 947. The third-order valence-corrected chi connectivity index (χ3v) is 6.71. The van der Waals surface area contributed by atoms with Crippen LogP contribution in [0.5, 0.6) is 0 Å². The number of piperidine rings is 1. The number of amides is 2. The first kappa shape index (κ1) is 23.5. The van der Waals surface area contributed by atoms with Gasteiger partial charge in [-0.1, -0.05) is 36.4 Å². The molecule has 4 rings (SSSR count). The fraction of sp³-hybridized carbons (Fsp3) is 0.481. The number of methoxy groups -OCH3 is 1. The van der Waals surface area contributed by atoms with Gasteiger partial charge in [0.15, 0.2) is 0 Å². The predicted octanol–water partition coefficient (Wildman–Crippen LogP) is 3.40. The van der Waals surface area contributed by atoms with Crippen molar-refractivity contribution in [3.63, 3.8) is 0 Å². The zero-order chi connectivity index (χ0) is 23.0. The lowest BCUT2D eigenvalue weighted by Gasteiger charge is -2.36. The van der Waals surface area contributed by atoms with Crippen molar-refractivity contribution in [1.29, 1.82) is 0 Å². The second-order valence-corrected chi connectivity index (χ2v) is 9.27. The van der Waals surface area contributed by atoms with E-state index in [0.29, 0.717) is 32.7 Å². The number of carbonyl (C=O) groups excluding carboxylic acids is 2. The van der Waals surface area contributed by atoms with Crippen molar-refractivity contribution < 1.29 is 14.3 Å². The van der Waals surface area contributed by atoms with Gasteiger partial charge < -0.3 is 15.4 Å². The van der Waals surface area contributed by atoms with Gasteiger partial charge >= 0.3 is 0 Å². The highest BCUT2D eigenvalue weighted by atomic mass is 16.5. The van der Waals surface area contributed by atoms with Crippen molar-refractivity contribution in [2.24, 2.45) is 11.8 Å².